The average Bonchev–Trinajstić information content (AvgIpc) is 2.35. The first-order valence-electron chi connectivity index (χ1n) is 6.83. The Balaban J connectivity index is 2.36. The van der Waals surface area contributed by atoms with Crippen molar-refractivity contribution in [3.05, 3.63) is 38.9 Å². The van der Waals surface area contributed by atoms with Gasteiger partial charge < -0.3 is 9.47 Å². The number of ether oxygens (including phenoxy) is 2. The first-order valence-corrected chi connectivity index (χ1v) is 6.83. The molecule has 1 aliphatic heterocycles. The molecule has 7 nitrogen and oxygen atoms in total. The van der Waals surface area contributed by atoms with Crippen molar-refractivity contribution in [2.75, 3.05) is 0 Å². The van der Waals surface area contributed by atoms with Gasteiger partial charge in [0.15, 0.2) is 0 Å². The molecule has 0 fully saturated rings. The van der Waals surface area contributed by atoms with Gasteiger partial charge in [-0.05, 0) is 20.8 Å². The van der Waals surface area contributed by atoms with E-state index in [-0.39, 0.29) is 30.7 Å². The van der Waals surface area contributed by atoms with Crippen LogP contribution < -0.4 is 0 Å². The van der Waals surface area contributed by atoms with Crippen molar-refractivity contribution in [2.45, 2.75) is 45.8 Å². The van der Waals surface area contributed by atoms with Crippen LogP contribution in [0.1, 0.15) is 37.5 Å². The lowest BCUT2D eigenvalue weighted by Crippen LogP contribution is -2.25. The van der Waals surface area contributed by atoms with E-state index in [1.54, 1.807) is 26.8 Å². The number of esters is 2. The fourth-order valence-electron chi connectivity index (χ4n) is 2.32. The van der Waals surface area contributed by atoms with Crippen molar-refractivity contribution in [2.24, 2.45) is 0 Å². The monoisotopic (exact) mass is 307 g/mol. The van der Waals surface area contributed by atoms with Gasteiger partial charge in [-0.3, -0.25) is 19.7 Å². The molecule has 118 valence electrons. The Morgan fingerprint density at radius 1 is 1.41 bits per heavy atom. The van der Waals surface area contributed by atoms with Crippen molar-refractivity contribution in [1.82, 2.24) is 0 Å². The number of benzene rings is 1. The zero-order valence-corrected chi connectivity index (χ0v) is 12.7. The first-order chi connectivity index (χ1) is 10.2. The lowest BCUT2D eigenvalue weighted by atomic mass is 9.95. The van der Waals surface area contributed by atoms with Gasteiger partial charge in [0.2, 0.25) is 0 Å². The SMILES string of the molecule is CC(C)(C)OC(=O)Cc1ccc2c(c1[N+](=O)[O-])CC(=O)OC2. The van der Waals surface area contributed by atoms with Crippen LogP contribution in [0.25, 0.3) is 0 Å². The second-order valence-electron chi connectivity index (χ2n) is 6.07. The van der Waals surface area contributed by atoms with Crippen molar-refractivity contribution in [1.29, 1.82) is 0 Å². The molecule has 1 aromatic rings. The number of hydrogen-bond acceptors (Lipinski definition) is 6. The number of fused-ring (bicyclic) bond motifs is 1. The summed E-state index contributed by atoms with van der Waals surface area (Å²) in [6, 6.07) is 3.16. The van der Waals surface area contributed by atoms with Gasteiger partial charge in [0.25, 0.3) is 5.69 Å². The van der Waals surface area contributed by atoms with E-state index in [9.17, 15) is 19.7 Å². The predicted octanol–water partition coefficient (Wildman–Crippen LogP) is 2.08. The van der Waals surface area contributed by atoms with Gasteiger partial charge in [-0.25, -0.2) is 0 Å². The smallest absolute Gasteiger partial charge is 0.311 e. The molecule has 0 bridgehead atoms. The highest BCUT2D eigenvalue weighted by Gasteiger charge is 2.30. The summed E-state index contributed by atoms with van der Waals surface area (Å²) in [4.78, 5) is 34.1. The van der Waals surface area contributed by atoms with E-state index in [0.717, 1.165) is 0 Å². The maximum Gasteiger partial charge on any atom is 0.311 e. The predicted molar refractivity (Wildman–Crippen MR) is 76.1 cm³/mol. The third-order valence-electron chi connectivity index (χ3n) is 3.11. The highest BCUT2D eigenvalue weighted by Crippen LogP contribution is 2.31. The number of nitro benzene ring substituents is 1. The Hall–Kier alpha value is -2.44. The molecular formula is C15H17NO6. The minimum atomic E-state index is -0.663. The van der Waals surface area contributed by atoms with E-state index in [2.05, 4.69) is 0 Å². The Kier molecular flexibility index (Phi) is 4.16. The standard InChI is InChI=1S/C15H17NO6/c1-15(2,3)22-13(18)6-9-4-5-10-8-21-12(17)7-11(10)14(9)16(19)20/h4-5H,6-8H2,1-3H3. The minimum absolute atomic E-state index is 0.0156. The molecule has 1 aliphatic rings. The number of nitro groups is 1. The average molecular weight is 307 g/mol. The van der Waals surface area contributed by atoms with Gasteiger partial charge in [0, 0.05) is 16.7 Å². The van der Waals surface area contributed by atoms with Crippen molar-refractivity contribution < 1.29 is 24.0 Å². The molecule has 0 saturated carbocycles. The van der Waals surface area contributed by atoms with E-state index in [1.165, 1.54) is 6.07 Å². The van der Waals surface area contributed by atoms with Crippen LogP contribution in [-0.4, -0.2) is 22.5 Å². The molecule has 0 spiro atoms. The maximum absolute atomic E-state index is 11.9. The second-order valence-corrected chi connectivity index (χ2v) is 6.07. The van der Waals surface area contributed by atoms with Gasteiger partial charge in [0.1, 0.15) is 12.2 Å². The van der Waals surface area contributed by atoms with E-state index >= 15 is 0 Å². The molecule has 0 aromatic heterocycles. The summed E-state index contributed by atoms with van der Waals surface area (Å²) in [5, 5.41) is 11.4. The summed E-state index contributed by atoms with van der Waals surface area (Å²) in [6.45, 7) is 5.19. The number of cyclic esters (lactones) is 1. The van der Waals surface area contributed by atoms with E-state index < -0.39 is 22.5 Å². The van der Waals surface area contributed by atoms with Crippen LogP contribution in [0.15, 0.2) is 12.1 Å². The lowest BCUT2D eigenvalue weighted by molar-refractivity contribution is -0.386. The van der Waals surface area contributed by atoms with E-state index in [1.807, 2.05) is 0 Å². The van der Waals surface area contributed by atoms with E-state index in [4.69, 9.17) is 9.47 Å². The van der Waals surface area contributed by atoms with Crippen molar-refractivity contribution >= 4 is 17.6 Å². The fourth-order valence-corrected chi connectivity index (χ4v) is 2.32. The summed E-state index contributed by atoms with van der Waals surface area (Å²) in [6.07, 6.45) is -0.371. The highest BCUT2D eigenvalue weighted by atomic mass is 16.6. The van der Waals surface area contributed by atoms with Crippen LogP contribution >= 0.6 is 0 Å². The summed E-state index contributed by atoms with van der Waals surface area (Å²) >= 11 is 0. The molecule has 0 aliphatic carbocycles. The number of carbonyl (C=O) groups is 2. The van der Waals surface area contributed by atoms with E-state index in [0.29, 0.717) is 11.1 Å². The van der Waals surface area contributed by atoms with Crippen LogP contribution in [-0.2, 0) is 38.5 Å². The minimum Gasteiger partial charge on any atom is -0.461 e. The molecule has 22 heavy (non-hydrogen) atoms. The topological polar surface area (TPSA) is 95.7 Å². The molecule has 0 atom stereocenters. The van der Waals surface area contributed by atoms with Gasteiger partial charge in [-0.15, -0.1) is 0 Å². The summed E-state index contributed by atoms with van der Waals surface area (Å²) < 4.78 is 10.1. The molecule has 7 heteroatoms. The lowest BCUT2D eigenvalue weighted by Gasteiger charge is -2.20. The molecule has 0 N–H and O–H groups in total. The summed E-state index contributed by atoms with van der Waals surface area (Å²) in [5.41, 5.74) is 0.304. The fraction of sp³-hybridized carbons (Fsp3) is 0.467. The molecule has 0 amide bonds. The Morgan fingerprint density at radius 3 is 2.68 bits per heavy atom. The molecular weight excluding hydrogens is 290 g/mol. The molecule has 0 radical (unpaired) electrons. The van der Waals surface area contributed by atoms with Crippen molar-refractivity contribution in [3.8, 4) is 0 Å². The van der Waals surface area contributed by atoms with Crippen LogP contribution in [0.5, 0.6) is 0 Å². The zero-order chi connectivity index (χ0) is 16.5. The van der Waals surface area contributed by atoms with Crippen LogP contribution in [0, 0.1) is 10.1 Å². The molecule has 2 rings (SSSR count). The first kappa shape index (κ1) is 15.9. The largest absolute Gasteiger partial charge is 0.461 e. The Morgan fingerprint density at radius 2 is 2.09 bits per heavy atom. The molecule has 0 unspecified atom stereocenters. The Labute approximate surface area is 127 Å². The zero-order valence-electron chi connectivity index (χ0n) is 12.7. The molecule has 1 heterocycles. The number of hydrogen-bond donors (Lipinski definition) is 0. The van der Waals surface area contributed by atoms with Crippen LogP contribution in [0.2, 0.25) is 0 Å². The third-order valence-corrected chi connectivity index (χ3v) is 3.11. The summed E-state index contributed by atoms with van der Waals surface area (Å²) in [7, 11) is 0. The molecule has 0 saturated heterocycles. The van der Waals surface area contributed by atoms with Gasteiger partial charge >= 0.3 is 11.9 Å². The third kappa shape index (κ3) is 3.60. The van der Waals surface area contributed by atoms with Crippen molar-refractivity contribution in [3.63, 3.8) is 0 Å². The number of carbonyl (C=O) groups excluding carboxylic acids is 2. The normalized spacial score (nSPS) is 14.0. The van der Waals surface area contributed by atoms with Gasteiger partial charge in [0.05, 0.1) is 17.8 Å². The quantitative estimate of drug-likeness (QED) is 0.482. The molecule has 1 aromatic carbocycles. The Bertz CT molecular complexity index is 644. The summed E-state index contributed by atoms with van der Waals surface area (Å²) in [5.74, 6) is -1.06. The maximum atomic E-state index is 11.9. The van der Waals surface area contributed by atoms with Crippen LogP contribution in [0.3, 0.4) is 0 Å². The van der Waals surface area contributed by atoms with Gasteiger partial charge in [-0.1, -0.05) is 12.1 Å². The van der Waals surface area contributed by atoms with Gasteiger partial charge in [-0.2, -0.15) is 0 Å². The highest BCUT2D eigenvalue weighted by molar-refractivity contribution is 5.79. The second kappa shape index (κ2) is 5.75. The number of nitrogens with zero attached hydrogens (tertiary/aromatic N) is 1. The van der Waals surface area contributed by atoms with Crippen LogP contribution in [0.4, 0.5) is 5.69 Å². The number of rotatable bonds is 3.